The molecule has 1 aromatic carbocycles. The summed E-state index contributed by atoms with van der Waals surface area (Å²) in [6.45, 7) is 4.92. The van der Waals surface area contributed by atoms with E-state index in [1.807, 2.05) is 0 Å². The molecule has 17 heavy (non-hydrogen) atoms. The number of ether oxygens (including phenoxy) is 2. The Labute approximate surface area is 98.7 Å². The number of amides is 1. The van der Waals surface area contributed by atoms with Crippen LogP contribution < -0.4 is 14.8 Å². The lowest BCUT2D eigenvalue weighted by Gasteiger charge is -2.16. The van der Waals surface area contributed by atoms with Gasteiger partial charge in [0.05, 0.1) is 5.69 Å². The Morgan fingerprint density at radius 1 is 1.29 bits per heavy atom. The molecule has 2 rings (SSSR count). The molecule has 0 aromatic heterocycles. The number of aldehydes is 1. The Kier molecular flexibility index (Phi) is 2.53. The molecule has 90 valence electrons. The second-order valence-electron chi connectivity index (χ2n) is 4.29. The fourth-order valence-corrected chi connectivity index (χ4v) is 1.68. The van der Waals surface area contributed by atoms with Crippen LogP contribution in [0.5, 0.6) is 11.5 Å². The number of anilines is 1. The predicted octanol–water partition coefficient (Wildman–Crippen LogP) is 1.96. The van der Waals surface area contributed by atoms with Crippen LogP contribution in [0.4, 0.5) is 5.69 Å². The molecule has 0 bridgehead atoms. The molecule has 1 aliphatic rings. The molecule has 1 amide bonds. The van der Waals surface area contributed by atoms with Crippen LogP contribution in [0.3, 0.4) is 0 Å². The van der Waals surface area contributed by atoms with Gasteiger partial charge in [-0.25, -0.2) is 0 Å². The van der Waals surface area contributed by atoms with E-state index in [-0.39, 0.29) is 5.91 Å². The monoisotopic (exact) mass is 235 g/mol. The third-order valence-electron chi connectivity index (χ3n) is 2.27. The summed E-state index contributed by atoms with van der Waals surface area (Å²) in [5.41, 5.74) is 0.785. The molecule has 1 heterocycles. The number of rotatable bonds is 2. The van der Waals surface area contributed by atoms with Gasteiger partial charge in [0.15, 0.2) is 17.8 Å². The second kappa shape index (κ2) is 3.76. The minimum atomic E-state index is -0.753. The Balaban J connectivity index is 2.44. The number of benzene rings is 1. The number of hydrogen-bond donors (Lipinski definition) is 1. The number of nitrogens with one attached hydrogen (secondary N) is 1. The zero-order valence-electron chi connectivity index (χ0n) is 9.87. The van der Waals surface area contributed by atoms with Crippen LogP contribution in [0.1, 0.15) is 31.1 Å². The molecule has 0 atom stereocenters. The van der Waals surface area contributed by atoms with Gasteiger partial charge in [0.25, 0.3) is 0 Å². The van der Waals surface area contributed by atoms with E-state index in [9.17, 15) is 9.59 Å². The Hall–Kier alpha value is -2.04. The van der Waals surface area contributed by atoms with E-state index in [2.05, 4.69) is 5.32 Å². The molecule has 5 nitrogen and oxygen atoms in total. The highest BCUT2D eigenvalue weighted by Gasteiger charge is 2.32. The average molecular weight is 235 g/mol. The van der Waals surface area contributed by atoms with Crippen LogP contribution in [0.2, 0.25) is 0 Å². The van der Waals surface area contributed by atoms with Crippen molar-refractivity contribution in [1.82, 2.24) is 0 Å². The summed E-state index contributed by atoms with van der Waals surface area (Å²) in [5, 5.41) is 2.58. The van der Waals surface area contributed by atoms with Crippen LogP contribution in [-0.4, -0.2) is 18.0 Å². The molecule has 5 heteroatoms. The van der Waals surface area contributed by atoms with Crippen molar-refractivity contribution in [2.75, 3.05) is 5.32 Å². The van der Waals surface area contributed by atoms with Crippen molar-refractivity contribution in [1.29, 1.82) is 0 Å². The van der Waals surface area contributed by atoms with Crippen molar-refractivity contribution >= 4 is 17.9 Å². The van der Waals surface area contributed by atoms with Gasteiger partial charge < -0.3 is 14.8 Å². The maximum absolute atomic E-state index is 11.0. The van der Waals surface area contributed by atoms with E-state index in [0.29, 0.717) is 29.0 Å². The van der Waals surface area contributed by atoms with Gasteiger partial charge in [0, 0.05) is 32.4 Å². The van der Waals surface area contributed by atoms with E-state index < -0.39 is 5.79 Å². The average Bonchev–Trinajstić information content (AvgIpc) is 2.49. The van der Waals surface area contributed by atoms with E-state index in [1.165, 1.54) is 6.92 Å². The zero-order valence-corrected chi connectivity index (χ0v) is 9.87. The van der Waals surface area contributed by atoms with Crippen molar-refractivity contribution in [2.45, 2.75) is 26.6 Å². The van der Waals surface area contributed by atoms with Crippen molar-refractivity contribution in [3.05, 3.63) is 17.7 Å². The number of carbonyl (C=O) groups excluding carboxylic acids is 2. The minimum Gasteiger partial charge on any atom is -0.449 e. The molecule has 0 unspecified atom stereocenters. The molecular formula is C12H13NO4. The van der Waals surface area contributed by atoms with Crippen molar-refractivity contribution in [2.24, 2.45) is 0 Å². The normalized spacial score (nSPS) is 15.5. The number of carbonyl (C=O) groups is 2. The summed E-state index contributed by atoms with van der Waals surface area (Å²) in [6.07, 6.45) is 0.667. The fourth-order valence-electron chi connectivity index (χ4n) is 1.68. The summed E-state index contributed by atoms with van der Waals surface area (Å²) >= 11 is 0. The minimum absolute atomic E-state index is 0.244. The summed E-state index contributed by atoms with van der Waals surface area (Å²) in [5.74, 6) is 0.0268. The molecule has 0 aliphatic carbocycles. The molecule has 0 saturated carbocycles. The van der Waals surface area contributed by atoms with Gasteiger partial charge in [-0.3, -0.25) is 9.59 Å². The first-order valence-electron chi connectivity index (χ1n) is 5.20. The van der Waals surface area contributed by atoms with E-state index in [0.717, 1.165) is 0 Å². The molecule has 0 fully saturated rings. The molecule has 1 N–H and O–H groups in total. The maximum atomic E-state index is 11.0. The third kappa shape index (κ3) is 2.22. The summed E-state index contributed by atoms with van der Waals surface area (Å²) in [4.78, 5) is 21.9. The van der Waals surface area contributed by atoms with Crippen LogP contribution in [0.15, 0.2) is 12.1 Å². The number of fused-ring (bicyclic) bond motifs is 1. The van der Waals surface area contributed by atoms with Crippen molar-refractivity contribution in [3.8, 4) is 11.5 Å². The van der Waals surface area contributed by atoms with Crippen LogP contribution in [0, 0.1) is 0 Å². The quantitative estimate of drug-likeness (QED) is 0.796. The van der Waals surface area contributed by atoms with Gasteiger partial charge >= 0.3 is 0 Å². The Bertz CT molecular complexity index is 494. The number of hydrogen-bond acceptors (Lipinski definition) is 4. The first-order chi connectivity index (χ1) is 7.91. The molecule has 1 aromatic rings. The van der Waals surface area contributed by atoms with Gasteiger partial charge in [-0.1, -0.05) is 0 Å². The van der Waals surface area contributed by atoms with Crippen LogP contribution >= 0.6 is 0 Å². The van der Waals surface area contributed by atoms with Gasteiger partial charge in [-0.2, -0.15) is 0 Å². The third-order valence-corrected chi connectivity index (χ3v) is 2.27. The topological polar surface area (TPSA) is 64.6 Å². The van der Waals surface area contributed by atoms with Crippen LogP contribution in [0.25, 0.3) is 0 Å². The van der Waals surface area contributed by atoms with E-state index in [4.69, 9.17) is 9.47 Å². The molecule has 1 aliphatic heterocycles. The lowest BCUT2D eigenvalue weighted by Crippen LogP contribution is -2.29. The fraction of sp³-hybridized carbons (Fsp3) is 0.333. The molecule has 0 saturated heterocycles. The lowest BCUT2D eigenvalue weighted by molar-refractivity contribution is -0.114. The van der Waals surface area contributed by atoms with E-state index in [1.54, 1.807) is 26.0 Å². The highest BCUT2D eigenvalue weighted by atomic mass is 16.7. The second-order valence-corrected chi connectivity index (χ2v) is 4.29. The summed E-state index contributed by atoms with van der Waals surface area (Å²) < 4.78 is 11.0. The smallest absolute Gasteiger partial charge is 0.246 e. The zero-order chi connectivity index (χ0) is 12.6. The Morgan fingerprint density at radius 3 is 2.41 bits per heavy atom. The highest BCUT2D eigenvalue weighted by molar-refractivity contribution is 5.96. The van der Waals surface area contributed by atoms with Gasteiger partial charge in [-0.15, -0.1) is 0 Å². The summed E-state index contributed by atoms with van der Waals surface area (Å²) in [7, 11) is 0. The van der Waals surface area contributed by atoms with Crippen LogP contribution in [-0.2, 0) is 4.79 Å². The van der Waals surface area contributed by atoms with E-state index >= 15 is 0 Å². The van der Waals surface area contributed by atoms with Crippen molar-refractivity contribution in [3.63, 3.8) is 0 Å². The molecule has 0 radical (unpaired) electrons. The van der Waals surface area contributed by atoms with Crippen molar-refractivity contribution < 1.29 is 19.1 Å². The molecule has 0 spiro atoms. The summed E-state index contributed by atoms with van der Waals surface area (Å²) in [6, 6.07) is 3.15. The molecular weight excluding hydrogens is 222 g/mol. The lowest BCUT2D eigenvalue weighted by atomic mass is 10.1. The van der Waals surface area contributed by atoms with Gasteiger partial charge in [-0.05, 0) is 6.07 Å². The standard InChI is InChI=1S/C12H13NO4/c1-7(15)13-9-5-11-10(4-8(9)6-14)16-12(2,3)17-11/h4-6H,1-3H3,(H,13,15). The maximum Gasteiger partial charge on any atom is 0.246 e. The predicted molar refractivity (Wildman–Crippen MR) is 61.5 cm³/mol. The first-order valence-corrected chi connectivity index (χ1v) is 5.20. The van der Waals surface area contributed by atoms with Gasteiger partial charge in [0.1, 0.15) is 0 Å². The Morgan fingerprint density at radius 2 is 1.88 bits per heavy atom. The largest absolute Gasteiger partial charge is 0.449 e. The highest BCUT2D eigenvalue weighted by Crippen LogP contribution is 2.42. The first kappa shape index (κ1) is 11.4. The SMILES string of the molecule is CC(=O)Nc1cc2c(cc1C=O)OC(C)(C)O2. The van der Waals surface area contributed by atoms with Gasteiger partial charge in [0.2, 0.25) is 11.7 Å².